The molecule has 1 saturated carbocycles. The Labute approximate surface area is 124 Å². The van der Waals surface area contributed by atoms with E-state index in [0.717, 1.165) is 24.4 Å². The molecule has 1 aromatic rings. The highest BCUT2D eigenvalue weighted by Gasteiger charge is 2.24. The van der Waals surface area contributed by atoms with Crippen LogP contribution in [0.1, 0.15) is 39.5 Å². The molecular formula is C15H21ClN2O2. The largest absolute Gasteiger partial charge is 0.381 e. The van der Waals surface area contributed by atoms with Crippen LogP contribution in [0.3, 0.4) is 0 Å². The number of hydrogen-bond donors (Lipinski definition) is 1. The molecule has 2 unspecified atom stereocenters. The second kappa shape index (κ2) is 6.44. The first-order valence-electron chi connectivity index (χ1n) is 7.18. The summed E-state index contributed by atoms with van der Waals surface area (Å²) in [6.07, 6.45) is 4.80. The molecule has 0 saturated heterocycles. The lowest BCUT2D eigenvalue weighted by Crippen LogP contribution is -2.29. The number of nitro groups is 1. The van der Waals surface area contributed by atoms with Crippen LogP contribution in [-0.4, -0.2) is 11.0 Å². The van der Waals surface area contributed by atoms with Gasteiger partial charge in [-0.3, -0.25) is 10.1 Å². The molecule has 20 heavy (non-hydrogen) atoms. The Kier molecular flexibility index (Phi) is 4.86. The minimum Gasteiger partial charge on any atom is -0.381 e. The summed E-state index contributed by atoms with van der Waals surface area (Å²) in [5.41, 5.74) is 0.830. The standard InChI is InChI=1S/C15H21ClN2O2/c1-10(2)11-4-3-5-12(8-11)17-15-7-6-13(18(19)20)9-14(15)16/h6-7,9-12,17H,3-5,8H2,1-2H3. The number of hydrogen-bond acceptors (Lipinski definition) is 3. The summed E-state index contributed by atoms with van der Waals surface area (Å²) in [6, 6.07) is 5.03. The van der Waals surface area contributed by atoms with Crippen molar-refractivity contribution < 1.29 is 4.92 Å². The summed E-state index contributed by atoms with van der Waals surface area (Å²) in [4.78, 5) is 10.3. The van der Waals surface area contributed by atoms with Crippen molar-refractivity contribution in [1.29, 1.82) is 0 Å². The van der Waals surface area contributed by atoms with Crippen LogP contribution in [0.15, 0.2) is 18.2 Å². The van der Waals surface area contributed by atoms with Crippen LogP contribution in [0, 0.1) is 22.0 Å². The van der Waals surface area contributed by atoms with Crippen molar-refractivity contribution in [2.45, 2.75) is 45.6 Å². The quantitative estimate of drug-likeness (QED) is 0.636. The van der Waals surface area contributed by atoms with Crippen molar-refractivity contribution >= 4 is 23.0 Å². The highest BCUT2D eigenvalue weighted by atomic mass is 35.5. The van der Waals surface area contributed by atoms with Crippen molar-refractivity contribution in [1.82, 2.24) is 0 Å². The van der Waals surface area contributed by atoms with Crippen LogP contribution in [0.4, 0.5) is 11.4 Å². The summed E-state index contributed by atoms with van der Waals surface area (Å²) < 4.78 is 0. The third-order valence-corrected chi connectivity index (χ3v) is 4.49. The SMILES string of the molecule is CC(C)C1CCCC(Nc2ccc([N+](=O)[O-])cc2Cl)C1. The summed E-state index contributed by atoms with van der Waals surface area (Å²) in [5, 5.41) is 14.6. The molecule has 1 N–H and O–H groups in total. The van der Waals surface area contributed by atoms with Crippen LogP contribution in [0.5, 0.6) is 0 Å². The van der Waals surface area contributed by atoms with E-state index in [2.05, 4.69) is 19.2 Å². The van der Waals surface area contributed by atoms with Crippen LogP contribution in [0.2, 0.25) is 5.02 Å². The Morgan fingerprint density at radius 3 is 2.75 bits per heavy atom. The molecule has 1 fully saturated rings. The highest BCUT2D eigenvalue weighted by Crippen LogP contribution is 2.33. The molecule has 4 nitrogen and oxygen atoms in total. The van der Waals surface area contributed by atoms with Gasteiger partial charge in [0.2, 0.25) is 0 Å². The van der Waals surface area contributed by atoms with E-state index in [9.17, 15) is 10.1 Å². The molecule has 2 atom stereocenters. The van der Waals surface area contributed by atoms with Crippen LogP contribution < -0.4 is 5.32 Å². The minimum absolute atomic E-state index is 0.0317. The molecule has 0 radical (unpaired) electrons. The van der Waals surface area contributed by atoms with Crippen molar-refractivity contribution in [3.05, 3.63) is 33.3 Å². The number of nitrogens with one attached hydrogen (secondary N) is 1. The topological polar surface area (TPSA) is 55.2 Å². The fraction of sp³-hybridized carbons (Fsp3) is 0.600. The maximum Gasteiger partial charge on any atom is 0.271 e. The maximum atomic E-state index is 10.7. The van der Waals surface area contributed by atoms with Gasteiger partial charge in [0.05, 0.1) is 15.6 Å². The first-order chi connectivity index (χ1) is 9.47. The van der Waals surface area contributed by atoms with E-state index in [1.54, 1.807) is 6.07 Å². The number of rotatable bonds is 4. The third-order valence-electron chi connectivity index (χ3n) is 4.18. The van der Waals surface area contributed by atoms with Crippen molar-refractivity contribution in [2.24, 2.45) is 11.8 Å². The van der Waals surface area contributed by atoms with Gasteiger partial charge in [-0.15, -0.1) is 0 Å². The molecule has 0 aliphatic heterocycles. The van der Waals surface area contributed by atoms with Gasteiger partial charge in [-0.25, -0.2) is 0 Å². The summed E-state index contributed by atoms with van der Waals surface area (Å²) in [5.74, 6) is 1.45. The lowest BCUT2D eigenvalue weighted by molar-refractivity contribution is -0.384. The average molecular weight is 297 g/mol. The van der Waals surface area contributed by atoms with Gasteiger partial charge in [-0.1, -0.05) is 38.3 Å². The van der Waals surface area contributed by atoms with Crippen LogP contribution >= 0.6 is 11.6 Å². The van der Waals surface area contributed by atoms with E-state index in [1.165, 1.54) is 25.0 Å². The normalized spacial score (nSPS) is 22.8. The molecular weight excluding hydrogens is 276 g/mol. The number of nitrogens with zero attached hydrogens (tertiary/aromatic N) is 1. The second-order valence-electron chi connectivity index (χ2n) is 5.93. The van der Waals surface area contributed by atoms with Gasteiger partial charge in [0.25, 0.3) is 5.69 Å². The van der Waals surface area contributed by atoms with Gasteiger partial charge in [0, 0.05) is 18.2 Å². The average Bonchev–Trinajstić information content (AvgIpc) is 2.41. The van der Waals surface area contributed by atoms with E-state index < -0.39 is 4.92 Å². The highest BCUT2D eigenvalue weighted by molar-refractivity contribution is 6.33. The zero-order chi connectivity index (χ0) is 14.7. The zero-order valence-electron chi connectivity index (χ0n) is 11.9. The molecule has 1 aromatic carbocycles. The molecule has 110 valence electrons. The molecule has 5 heteroatoms. The van der Waals surface area contributed by atoms with E-state index in [1.807, 2.05) is 0 Å². The predicted octanol–water partition coefficient (Wildman–Crippen LogP) is 4.87. The molecule has 0 aromatic heterocycles. The van der Waals surface area contributed by atoms with Crippen LogP contribution in [-0.2, 0) is 0 Å². The summed E-state index contributed by atoms with van der Waals surface area (Å²) in [6.45, 7) is 4.54. The summed E-state index contributed by atoms with van der Waals surface area (Å²) >= 11 is 6.12. The first kappa shape index (κ1) is 15.1. The lowest BCUT2D eigenvalue weighted by Gasteiger charge is -2.32. The molecule has 0 bridgehead atoms. The van der Waals surface area contributed by atoms with Gasteiger partial charge in [-0.2, -0.15) is 0 Å². The number of non-ortho nitro benzene ring substituents is 1. The molecule has 1 aliphatic carbocycles. The third kappa shape index (κ3) is 3.63. The number of benzene rings is 1. The molecule has 1 aliphatic rings. The molecule has 2 rings (SSSR count). The molecule has 0 amide bonds. The van der Waals surface area contributed by atoms with Gasteiger partial charge in [0.1, 0.15) is 0 Å². The molecule has 0 heterocycles. The Morgan fingerprint density at radius 2 is 2.15 bits per heavy atom. The Morgan fingerprint density at radius 1 is 1.40 bits per heavy atom. The van der Waals surface area contributed by atoms with E-state index >= 15 is 0 Å². The predicted molar refractivity (Wildman–Crippen MR) is 82.3 cm³/mol. The monoisotopic (exact) mass is 296 g/mol. The molecule has 0 spiro atoms. The van der Waals surface area contributed by atoms with Gasteiger partial charge in [0.15, 0.2) is 0 Å². The smallest absolute Gasteiger partial charge is 0.271 e. The van der Waals surface area contributed by atoms with Crippen molar-refractivity contribution in [3.63, 3.8) is 0 Å². The van der Waals surface area contributed by atoms with Gasteiger partial charge in [-0.05, 0) is 30.7 Å². The minimum atomic E-state index is -0.426. The number of nitro benzene ring substituents is 1. The van der Waals surface area contributed by atoms with Gasteiger partial charge < -0.3 is 5.32 Å². The van der Waals surface area contributed by atoms with E-state index in [-0.39, 0.29) is 5.69 Å². The number of halogens is 1. The fourth-order valence-corrected chi connectivity index (χ4v) is 3.15. The van der Waals surface area contributed by atoms with E-state index in [0.29, 0.717) is 17.0 Å². The number of anilines is 1. The zero-order valence-corrected chi connectivity index (χ0v) is 12.7. The second-order valence-corrected chi connectivity index (χ2v) is 6.34. The Bertz CT molecular complexity index is 491. The fourth-order valence-electron chi connectivity index (χ4n) is 2.92. The summed E-state index contributed by atoms with van der Waals surface area (Å²) in [7, 11) is 0. The first-order valence-corrected chi connectivity index (χ1v) is 7.55. The maximum absolute atomic E-state index is 10.7. The van der Waals surface area contributed by atoms with Crippen molar-refractivity contribution in [3.8, 4) is 0 Å². The van der Waals surface area contributed by atoms with E-state index in [4.69, 9.17) is 11.6 Å². The van der Waals surface area contributed by atoms with Gasteiger partial charge >= 0.3 is 0 Å². The van der Waals surface area contributed by atoms with Crippen LogP contribution in [0.25, 0.3) is 0 Å². The van der Waals surface area contributed by atoms with Crippen molar-refractivity contribution in [2.75, 3.05) is 5.32 Å². The Balaban J connectivity index is 2.04. The lowest BCUT2D eigenvalue weighted by atomic mass is 9.79. The Hall–Kier alpha value is -1.29.